The lowest BCUT2D eigenvalue weighted by atomic mass is 10.0. The Morgan fingerprint density at radius 2 is 1.77 bits per heavy atom. The van der Waals surface area contributed by atoms with E-state index in [1.54, 1.807) is 19.1 Å². The third kappa shape index (κ3) is 2.58. The van der Waals surface area contributed by atoms with Gasteiger partial charge in [-0.1, -0.05) is 29.8 Å². The van der Waals surface area contributed by atoms with Crippen LogP contribution >= 0.6 is 0 Å². The van der Waals surface area contributed by atoms with Crippen molar-refractivity contribution in [3.63, 3.8) is 0 Å². The minimum atomic E-state index is -0.985. The molecule has 0 aliphatic carbocycles. The standard InChI is InChI=1S/C16H14N4O2/c1-10-3-5-12(6-4-10)13-7-14(16(21)22)9-15(8-13)20-11(2)17-18-19-20/h3-9H,1-2H3,(H,21,22). The lowest BCUT2D eigenvalue weighted by molar-refractivity contribution is 0.0697. The maximum absolute atomic E-state index is 11.4. The third-order valence-corrected chi connectivity index (χ3v) is 3.42. The molecule has 1 heterocycles. The van der Waals surface area contributed by atoms with E-state index in [2.05, 4.69) is 15.5 Å². The van der Waals surface area contributed by atoms with E-state index in [1.165, 1.54) is 4.68 Å². The average molecular weight is 294 g/mol. The van der Waals surface area contributed by atoms with Crippen LogP contribution in [0.2, 0.25) is 0 Å². The molecular weight excluding hydrogens is 280 g/mol. The van der Waals surface area contributed by atoms with Crippen LogP contribution in [-0.4, -0.2) is 31.3 Å². The Morgan fingerprint density at radius 3 is 2.36 bits per heavy atom. The molecule has 0 saturated carbocycles. The van der Waals surface area contributed by atoms with Gasteiger partial charge in [-0.05, 0) is 53.6 Å². The normalized spacial score (nSPS) is 10.6. The van der Waals surface area contributed by atoms with Gasteiger partial charge in [0.05, 0.1) is 11.3 Å². The molecular formula is C16H14N4O2. The number of hydrogen-bond acceptors (Lipinski definition) is 4. The van der Waals surface area contributed by atoms with Gasteiger partial charge in [-0.3, -0.25) is 0 Å². The third-order valence-electron chi connectivity index (χ3n) is 3.42. The van der Waals surface area contributed by atoms with Crippen molar-refractivity contribution in [2.75, 3.05) is 0 Å². The second-order valence-electron chi connectivity index (χ2n) is 5.08. The quantitative estimate of drug-likeness (QED) is 0.803. The van der Waals surface area contributed by atoms with Gasteiger partial charge >= 0.3 is 5.97 Å². The van der Waals surface area contributed by atoms with Crippen molar-refractivity contribution in [3.8, 4) is 16.8 Å². The molecule has 6 heteroatoms. The minimum Gasteiger partial charge on any atom is -0.478 e. The Balaban J connectivity index is 2.18. The van der Waals surface area contributed by atoms with E-state index in [-0.39, 0.29) is 5.56 Å². The summed E-state index contributed by atoms with van der Waals surface area (Å²) in [5.74, 6) is -0.390. The maximum Gasteiger partial charge on any atom is 0.335 e. The molecule has 1 aromatic heterocycles. The Morgan fingerprint density at radius 1 is 1.05 bits per heavy atom. The summed E-state index contributed by atoms with van der Waals surface area (Å²) in [4.78, 5) is 11.4. The van der Waals surface area contributed by atoms with Gasteiger partial charge in [0.25, 0.3) is 0 Å². The smallest absolute Gasteiger partial charge is 0.335 e. The Labute approximate surface area is 127 Å². The monoisotopic (exact) mass is 294 g/mol. The van der Waals surface area contributed by atoms with E-state index in [9.17, 15) is 9.90 Å². The topological polar surface area (TPSA) is 80.9 Å². The summed E-state index contributed by atoms with van der Waals surface area (Å²) in [5.41, 5.74) is 3.72. The lowest BCUT2D eigenvalue weighted by Crippen LogP contribution is -2.04. The van der Waals surface area contributed by atoms with Crippen LogP contribution in [0, 0.1) is 13.8 Å². The molecule has 0 atom stereocenters. The fourth-order valence-corrected chi connectivity index (χ4v) is 2.24. The minimum absolute atomic E-state index is 0.197. The highest BCUT2D eigenvalue weighted by Gasteiger charge is 2.12. The Hall–Kier alpha value is -3.02. The summed E-state index contributed by atoms with van der Waals surface area (Å²) in [6.07, 6.45) is 0. The number of carbonyl (C=O) groups is 1. The molecule has 0 saturated heterocycles. The second kappa shape index (κ2) is 5.40. The zero-order valence-electron chi connectivity index (χ0n) is 12.2. The van der Waals surface area contributed by atoms with E-state index < -0.39 is 5.97 Å². The molecule has 3 aromatic rings. The zero-order valence-corrected chi connectivity index (χ0v) is 12.2. The van der Waals surface area contributed by atoms with Crippen LogP contribution in [0.25, 0.3) is 16.8 Å². The summed E-state index contributed by atoms with van der Waals surface area (Å²) in [7, 11) is 0. The number of aryl methyl sites for hydroxylation is 2. The highest BCUT2D eigenvalue weighted by Crippen LogP contribution is 2.25. The van der Waals surface area contributed by atoms with Crippen LogP contribution in [0.5, 0.6) is 0 Å². The van der Waals surface area contributed by atoms with Gasteiger partial charge in [0.15, 0.2) is 5.82 Å². The molecule has 6 nitrogen and oxygen atoms in total. The first-order valence-corrected chi connectivity index (χ1v) is 6.75. The second-order valence-corrected chi connectivity index (χ2v) is 5.08. The van der Waals surface area contributed by atoms with Gasteiger partial charge in [0.1, 0.15) is 0 Å². The molecule has 0 bridgehead atoms. The number of carboxylic acid groups (broad SMARTS) is 1. The number of tetrazole rings is 1. The Kier molecular flexibility index (Phi) is 3.42. The van der Waals surface area contributed by atoms with Crippen LogP contribution in [-0.2, 0) is 0 Å². The number of rotatable bonds is 3. The molecule has 0 unspecified atom stereocenters. The lowest BCUT2D eigenvalue weighted by Gasteiger charge is -2.09. The van der Waals surface area contributed by atoms with E-state index in [4.69, 9.17) is 0 Å². The fourth-order valence-electron chi connectivity index (χ4n) is 2.24. The van der Waals surface area contributed by atoms with Crippen molar-refractivity contribution < 1.29 is 9.90 Å². The van der Waals surface area contributed by atoms with Crippen LogP contribution in [0.15, 0.2) is 42.5 Å². The highest BCUT2D eigenvalue weighted by atomic mass is 16.4. The van der Waals surface area contributed by atoms with Crippen molar-refractivity contribution in [2.24, 2.45) is 0 Å². The Bertz CT molecular complexity index is 838. The fraction of sp³-hybridized carbons (Fsp3) is 0.125. The number of carboxylic acids is 1. The molecule has 0 spiro atoms. The number of aromatic carboxylic acids is 1. The van der Waals surface area contributed by atoms with Crippen molar-refractivity contribution in [2.45, 2.75) is 13.8 Å². The molecule has 110 valence electrons. The van der Waals surface area contributed by atoms with E-state index in [1.807, 2.05) is 37.3 Å². The molecule has 0 radical (unpaired) electrons. The van der Waals surface area contributed by atoms with Crippen LogP contribution in [0.3, 0.4) is 0 Å². The highest BCUT2D eigenvalue weighted by molar-refractivity contribution is 5.90. The first-order chi connectivity index (χ1) is 10.5. The molecule has 22 heavy (non-hydrogen) atoms. The predicted octanol–water partition coefficient (Wildman–Crippen LogP) is 2.64. The van der Waals surface area contributed by atoms with Gasteiger partial charge in [-0.25, -0.2) is 4.79 Å². The molecule has 0 aliphatic heterocycles. The molecule has 2 aromatic carbocycles. The zero-order chi connectivity index (χ0) is 15.7. The molecule has 0 aliphatic rings. The first-order valence-electron chi connectivity index (χ1n) is 6.75. The maximum atomic E-state index is 11.4. The van der Waals surface area contributed by atoms with Crippen molar-refractivity contribution >= 4 is 5.97 Å². The van der Waals surface area contributed by atoms with E-state index >= 15 is 0 Å². The van der Waals surface area contributed by atoms with Crippen LogP contribution < -0.4 is 0 Å². The van der Waals surface area contributed by atoms with Crippen LogP contribution in [0.1, 0.15) is 21.7 Å². The van der Waals surface area contributed by atoms with Crippen molar-refractivity contribution in [1.82, 2.24) is 20.2 Å². The number of nitrogens with zero attached hydrogens (tertiary/aromatic N) is 4. The molecule has 1 N–H and O–H groups in total. The molecule has 0 fully saturated rings. The number of hydrogen-bond donors (Lipinski definition) is 1. The largest absolute Gasteiger partial charge is 0.478 e. The van der Waals surface area contributed by atoms with Crippen molar-refractivity contribution in [1.29, 1.82) is 0 Å². The molecule has 3 rings (SSSR count). The van der Waals surface area contributed by atoms with Gasteiger partial charge in [0, 0.05) is 0 Å². The summed E-state index contributed by atoms with van der Waals surface area (Å²) in [6.45, 7) is 3.77. The van der Waals surface area contributed by atoms with Gasteiger partial charge < -0.3 is 5.11 Å². The molecule has 0 amide bonds. The number of benzene rings is 2. The van der Waals surface area contributed by atoms with Crippen molar-refractivity contribution in [3.05, 3.63) is 59.4 Å². The van der Waals surface area contributed by atoms with Gasteiger partial charge in [-0.2, -0.15) is 4.68 Å². The van der Waals surface area contributed by atoms with Gasteiger partial charge in [0.2, 0.25) is 0 Å². The SMILES string of the molecule is Cc1ccc(-c2cc(C(=O)O)cc(-n3nnnc3C)c2)cc1. The predicted molar refractivity (Wildman–Crippen MR) is 81.0 cm³/mol. The van der Waals surface area contributed by atoms with E-state index in [0.717, 1.165) is 16.7 Å². The van der Waals surface area contributed by atoms with E-state index in [0.29, 0.717) is 11.5 Å². The summed E-state index contributed by atoms with van der Waals surface area (Å²) in [6, 6.07) is 13.0. The first kappa shape index (κ1) is 13.9. The average Bonchev–Trinajstić information content (AvgIpc) is 2.93. The summed E-state index contributed by atoms with van der Waals surface area (Å²) in [5, 5.41) is 20.7. The number of aromatic nitrogens is 4. The summed E-state index contributed by atoms with van der Waals surface area (Å²) >= 11 is 0. The summed E-state index contributed by atoms with van der Waals surface area (Å²) < 4.78 is 1.52. The van der Waals surface area contributed by atoms with Gasteiger partial charge in [-0.15, -0.1) is 5.10 Å². The van der Waals surface area contributed by atoms with Crippen LogP contribution in [0.4, 0.5) is 0 Å².